The van der Waals surface area contributed by atoms with E-state index in [1.54, 1.807) is 6.92 Å². The molecule has 0 atom stereocenters. The molecule has 0 aliphatic rings. The Morgan fingerprint density at radius 1 is 1.11 bits per heavy atom. The second kappa shape index (κ2) is 10.7. The maximum absolute atomic E-state index is 13.0. The van der Waals surface area contributed by atoms with Gasteiger partial charge in [0.05, 0.1) is 24.3 Å². The lowest BCUT2D eigenvalue weighted by atomic mass is 10.1. The van der Waals surface area contributed by atoms with Crippen LogP contribution in [-0.2, 0) is 20.6 Å². The first kappa shape index (κ1) is 23.5. The van der Waals surface area contributed by atoms with Crippen molar-refractivity contribution in [2.45, 2.75) is 39.8 Å². The van der Waals surface area contributed by atoms with Crippen LogP contribution in [0, 0.1) is 5.92 Å². The average molecular weight is 401 g/mol. The summed E-state index contributed by atoms with van der Waals surface area (Å²) in [6.07, 6.45) is -3.62. The number of likely N-dealkylation sites (N-methyl/N-ethyl adjacent to an activating group) is 1. The Morgan fingerprint density at radius 2 is 1.75 bits per heavy atom. The fraction of sp³-hybridized carbons (Fsp3) is 0.526. The third kappa shape index (κ3) is 7.98. The number of nitrogens with one attached hydrogen (secondary N) is 2. The number of halogens is 3. The third-order valence-electron chi connectivity index (χ3n) is 3.96. The molecular weight excluding hydrogens is 375 g/mol. The molecule has 6 nitrogen and oxygen atoms in total. The third-order valence-corrected chi connectivity index (χ3v) is 3.96. The lowest BCUT2D eigenvalue weighted by Crippen LogP contribution is -2.43. The van der Waals surface area contributed by atoms with Crippen LogP contribution in [0.25, 0.3) is 0 Å². The van der Waals surface area contributed by atoms with Crippen molar-refractivity contribution >= 4 is 23.4 Å². The highest BCUT2D eigenvalue weighted by molar-refractivity contribution is 5.95. The largest absolute Gasteiger partial charge is 0.418 e. The van der Waals surface area contributed by atoms with Crippen molar-refractivity contribution in [1.29, 1.82) is 0 Å². The fourth-order valence-corrected chi connectivity index (χ4v) is 2.37. The van der Waals surface area contributed by atoms with Crippen LogP contribution in [0.2, 0.25) is 0 Å². The van der Waals surface area contributed by atoms with Gasteiger partial charge in [0, 0.05) is 13.0 Å². The van der Waals surface area contributed by atoms with E-state index in [1.165, 1.54) is 12.1 Å². The van der Waals surface area contributed by atoms with Crippen LogP contribution in [-0.4, -0.2) is 42.3 Å². The summed E-state index contributed by atoms with van der Waals surface area (Å²) in [5, 5.41) is 4.69. The van der Waals surface area contributed by atoms with E-state index >= 15 is 0 Å². The van der Waals surface area contributed by atoms with E-state index in [4.69, 9.17) is 0 Å². The van der Waals surface area contributed by atoms with Gasteiger partial charge in [0.15, 0.2) is 0 Å². The number of hydrogen-bond donors (Lipinski definition) is 2. The molecule has 0 saturated carbocycles. The number of para-hydroxylation sites is 1. The number of rotatable bonds is 9. The molecule has 156 valence electrons. The van der Waals surface area contributed by atoms with Crippen molar-refractivity contribution < 1.29 is 27.6 Å². The average Bonchev–Trinajstić information content (AvgIpc) is 2.61. The quantitative estimate of drug-likeness (QED) is 0.668. The zero-order chi connectivity index (χ0) is 21.3. The summed E-state index contributed by atoms with van der Waals surface area (Å²) >= 11 is 0. The highest BCUT2D eigenvalue weighted by Gasteiger charge is 2.33. The maximum Gasteiger partial charge on any atom is 0.418 e. The summed E-state index contributed by atoms with van der Waals surface area (Å²) in [6, 6.07) is 4.61. The van der Waals surface area contributed by atoms with E-state index in [2.05, 4.69) is 10.6 Å². The molecule has 0 saturated heterocycles. The Morgan fingerprint density at radius 3 is 2.32 bits per heavy atom. The van der Waals surface area contributed by atoms with Gasteiger partial charge in [0.2, 0.25) is 17.7 Å². The fourth-order valence-electron chi connectivity index (χ4n) is 2.37. The number of anilines is 1. The van der Waals surface area contributed by atoms with E-state index < -0.39 is 30.1 Å². The molecule has 0 radical (unpaired) electrons. The highest BCUT2D eigenvalue weighted by atomic mass is 19.4. The van der Waals surface area contributed by atoms with Crippen LogP contribution in [0.15, 0.2) is 24.3 Å². The van der Waals surface area contributed by atoms with Crippen LogP contribution in [0.4, 0.5) is 18.9 Å². The van der Waals surface area contributed by atoms with Crippen LogP contribution in [0.5, 0.6) is 0 Å². The van der Waals surface area contributed by atoms with Crippen molar-refractivity contribution in [3.8, 4) is 0 Å². The van der Waals surface area contributed by atoms with Crippen molar-refractivity contribution in [3.05, 3.63) is 29.8 Å². The predicted molar refractivity (Wildman–Crippen MR) is 99.4 cm³/mol. The molecule has 28 heavy (non-hydrogen) atoms. The second-order valence-corrected chi connectivity index (χ2v) is 6.71. The monoisotopic (exact) mass is 401 g/mol. The Labute approximate surface area is 162 Å². The Balaban J connectivity index is 2.62. The van der Waals surface area contributed by atoms with E-state index in [0.29, 0.717) is 18.8 Å². The molecule has 0 heterocycles. The van der Waals surface area contributed by atoms with Crippen molar-refractivity contribution in [2.75, 3.05) is 25.0 Å². The molecule has 0 bridgehead atoms. The van der Waals surface area contributed by atoms with E-state index in [9.17, 15) is 27.6 Å². The number of amides is 3. The molecule has 1 aromatic carbocycles. The molecule has 9 heteroatoms. The Kier molecular flexibility index (Phi) is 8.94. The van der Waals surface area contributed by atoms with Gasteiger partial charge in [-0.05, 0) is 31.4 Å². The Hall–Kier alpha value is -2.58. The number of nitrogens with zero attached hydrogens (tertiary/aromatic N) is 1. The second-order valence-electron chi connectivity index (χ2n) is 6.71. The maximum atomic E-state index is 13.0. The van der Waals surface area contributed by atoms with Gasteiger partial charge >= 0.3 is 6.18 Å². The number of carbonyl (C=O) groups is 3. The highest BCUT2D eigenvalue weighted by Crippen LogP contribution is 2.34. The van der Waals surface area contributed by atoms with Gasteiger partial charge in [-0.1, -0.05) is 26.0 Å². The number of alkyl halides is 3. The normalized spacial score (nSPS) is 11.2. The van der Waals surface area contributed by atoms with Gasteiger partial charge in [0.25, 0.3) is 0 Å². The summed E-state index contributed by atoms with van der Waals surface area (Å²) in [4.78, 5) is 37.2. The first-order valence-electron chi connectivity index (χ1n) is 9.05. The lowest BCUT2D eigenvalue weighted by molar-refractivity contribution is -0.137. The lowest BCUT2D eigenvalue weighted by Gasteiger charge is -2.21. The number of hydrogen-bond acceptors (Lipinski definition) is 3. The van der Waals surface area contributed by atoms with E-state index in [1.807, 2.05) is 13.8 Å². The van der Waals surface area contributed by atoms with Crippen molar-refractivity contribution in [2.24, 2.45) is 5.92 Å². The summed E-state index contributed by atoms with van der Waals surface area (Å²) < 4.78 is 39.0. The summed E-state index contributed by atoms with van der Waals surface area (Å²) in [7, 11) is 0. The van der Waals surface area contributed by atoms with Crippen LogP contribution in [0.3, 0.4) is 0 Å². The van der Waals surface area contributed by atoms with Crippen LogP contribution in [0.1, 0.15) is 39.2 Å². The summed E-state index contributed by atoms with van der Waals surface area (Å²) in [5.41, 5.74) is -1.33. The molecule has 0 unspecified atom stereocenters. The molecule has 1 aromatic rings. The molecule has 0 fully saturated rings. The molecule has 0 aromatic heterocycles. The first-order chi connectivity index (χ1) is 13.0. The topological polar surface area (TPSA) is 78.5 Å². The van der Waals surface area contributed by atoms with Gasteiger partial charge in [-0.2, -0.15) is 13.2 Å². The van der Waals surface area contributed by atoms with Gasteiger partial charge in [-0.15, -0.1) is 0 Å². The minimum atomic E-state index is -4.61. The standard InChI is InChI=1S/C19H26F3N3O3/c1-4-25(18(28)11-23-16(26)10-9-13(2)3)12-17(27)24-15-8-6-5-7-14(15)19(20,21)22/h5-8,13H,4,9-12H2,1-3H3,(H,23,26)(H,24,27). The first-order valence-corrected chi connectivity index (χ1v) is 9.05. The Bertz CT molecular complexity index is 690. The van der Waals surface area contributed by atoms with E-state index in [-0.39, 0.29) is 24.7 Å². The molecule has 0 spiro atoms. The number of carbonyl (C=O) groups excluding carboxylic acids is 3. The minimum Gasteiger partial charge on any atom is -0.347 e. The molecule has 2 N–H and O–H groups in total. The molecule has 0 aliphatic heterocycles. The summed E-state index contributed by atoms with van der Waals surface area (Å²) in [5.74, 6) is -1.14. The van der Waals surface area contributed by atoms with Crippen LogP contribution < -0.4 is 10.6 Å². The molecule has 1 rings (SSSR count). The van der Waals surface area contributed by atoms with Crippen molar-refractivity contribution in [3.63, 3.8) is 0 Å². The predicted octanol–water partition coefficient (Wildman–Crippen LogP) is 3.04. The SMILES string of the molecule is CCN(CC(=O)Nc1ccccc1C(F)(F)F)C(=O)CNC(=O)CCC(C)C. The smallest absolute Gasteiger partial charge is 0.347 e. The van der Waals surface area contributed by atoms with E-state index in [0.717, 1.165) is 17.0 Å². The molecular formula is C19H26F3N3O3. The summed E-state index contributed by atoms with van der Waals surface area (Å²) in [6.45, 7) is 5.09. The van der Waals surface area contributed by atoms with Gasteiger partial charge < -0.3 is 15.5 Å². The molecule has 0 aliphatic carbocycles. The molecule has 3 amide bonds. The van der Waals surface area contributed by atoms with Crippen LogP contribution >= 0.6 is 0 Å². The minimum absolute atomic E-state index is 0.176. The van der Waals surface area contributed by atoms with Gasteiger partial charge in [-0.25, -0.2) is 0 Å². The zero-order valence-corrected chi connectivity index (χ0v) is 16.2. The van der Waals surface area contributed by atoms with Gasteiger partial charge in [0.1, 0.15) is 0 Å². The van der Waals surface area contributed by atoms with Gasteiger partial charge in [-0.3, -0.25) is 14.4 Å². The zero-order valence-electron chi connectivity index (χ0n) is 16.2. The number of benzene rings is 1. The van der Waals surface area contributed by atoms with Crippen molar-refractivity contribution in [1.82, 2.24) is 10.2 Å².